The van der Waals surface area contributed by atoms with Gasteiger partial charge < -0.3 is 19.9 Å². The number of carbonyl (C=O) groups is 2. The lowest BCUT2D eigenvalue weighted by Gasteiger charge is -2.36. The molecular formula is C24H27F5N6O3. The fraction of sp³-hybridized carbons (Fsp3) is 0.542. The molecule has 2 aliphatic rings. The summed E-state index contributed by atoms with van der Waals surface area (Å²) in [4.78, 5) is 39.6. The van der Waals surface area contributed by atoms with Gasteiger partial charge >= 0.3 is 12.3 Å². The maximum absolute atomic E-state index is 14.5. The number of anilines is 2. The van der Waals surface area contributed by atoms with Crippen LogP contribution in [0.4, 0.5) is 38.4 Å². The molecule has 0 bridgehead atoms. The summed E-state index contributed by atoms with van der Waals surface area (Å²) in [7, 11) is 0. The number of nitrogens with one attached hydrogen (secondary N) is 1. The number of hydrogen-bond donors (Lipinski definition) is 1. The van der Waals surface area contributed by atoms with Gasteiger partial charge in [0.1, 0.15) is 23.6 Å². The number of fused-ring (bicyclic) bond motifs is 1. The second-order valence-corrected chi connectivity index (χ2v) is 10.3. The number of halogens is 5. The Balaban J connectivity index is 1.72. The lowest BCUT2D eigenvalue weighted by atomic mass is 9.85. The predicted molar refractivity (Wildman–Crippen MR) is 127 cm³/mol. The van der Waals surface area contributed by atoms with E-state index < -0.39 is 47.6 Å². The topological polar surface area (TPSA) is 101 Å². The molecule has 4 rings (SSSR count). The summed E-state index contributed by atoms with van der Waals surface area (Å²) in [5.74, 6) is -5.96. The first-order chi connectivity index (χ1) is 17.5. The van der Waals surface area contributed by atoms with Crippen LogP contribution in [-0.4, -0.2) is 69.6 Å². The van der Waals surface area contributed by atoms with E-state index in [0.29, 0.717) is 6.92 Å². The van der Waals surface area contributed by atoms with Gasteiger partial charge in [-0.15, -0.1) is 0 Å². The summed E-state index contributed by atoms with van der Waals surface area (Å²) < 4.78 is 76.0. The molecular weight excluding hydrogens is 515 g/mol. The van der Waals surface area contributed by atoms with Crippen molar-refractivity contribution in [3.63, 3.8) is 0 Å². The second-order valence-electron chi connectivity index (χ2n) is 10.3. The molecule has 9 nitrogen and oxygen atoms in total. The number of rotatable bonds is 3. The molecule has 0 radical (unpaired) electrons. The van der Waals surface area contributed by atoms with E-state index in [-0.39, 0.29) is 54.8 Å². The van der Waals surface area contributed by atoms with Gasteiger partial charge in [-0.3, -0.25) is 4.79 Å². The first-order valence-corrected chi connectivity index (χ1v) is 11.9. The van der Waals surface area contributed by atoms with Crippen molar-refractivity contribution >= 4 is 23.6 Å². The molecule has 1 fully saturated rings. The molecule has 206 valence electrons. The van der Waals surface area contributed by atoms with Crippen LogP contribution in [-0.2, 0) is 15.7 Å². The standard InChI is InChI=1S/C24H27F5N6O3/c1-22(2,3)38-21(37)35-7-5-34(6-8-35)16-10-13(24(27,28)29)9-15(32-16)19-18-14(23(4,25)26)11-17(36)33-20(18)31-12-30-19/h9-10,12,14H,5-8,11H2,1-4H3,(H,30,31,33,36)/t14-/m0/s1. The van der Waals surface area contributed by atoms with Crippen molar-refractivity contribution in [3.05, 3.63) is 29.6 Å². The zero-order valence-corrected chi connectivity index (χ0v) is 21.2. The molecule has 0 aliphatic carbocycles. The number of carbonyl (C=O) groups excluding carboxylic acids is 2. The smallest absolute Gasteiger partial charge is 0.416 e. The number of ether oxygens (including phenoxy) is 1. The largest absolute Gasteiger partial charge is 0.444 e. The van der Waals surface area contributed by atoms with Gasteiger partial charge in [-0.05, 0) is 39.8 Å². The van der Waals surface area contributed by atoms with Gasteiger partial charge in [-0.1, -0.05) is 0 Å². The maximum atomic E-state index is 14.5. The highest BCUT2D eigenvalue weighted by Gasteiger charge is 2.44. The normalized spacial score (nSPS) is 18.7. The molecule has 0 aromatic carbocycles. The van der Waals surface area contributed by atoms with Crippen molar-refractivity contribution < 1.29 is 36.3 Å². The summed E-state index contributed by atoms with van der Waals surface area (Å²) in [5, 5.41) is 2.39. The third-order valence-electron chi connectivity index (χ3n) is 6.13. The van der Waals surface area contributed by atoms with E-state index in [0.717, 1.165) is 18.5 Å². The molecule has 0 saturated carbocycles. The fourth-order valence-corrected chi connectivity index (χ4v) is 4.34. The number of pyridine rings is 1. The first-order valence-electron chi connectivity index (χ1n) is 11.9. The van der Waals surface area contributed by atoms with Crippen molar-refractivity contribution in [2.45, 2.75) is 57.7 Å². The summed E-state index contributed by atoms with van der Waals surface area (Å²) in [6.45, 7) is 6.51. The Kier molecular flexibility index (Phi) is 6.95. The highest BCUT2D eigenvalue weighted by Crippen LogP contribution is 2.45. The van der Waals surface area contributed by atoms with Crippen LogP contribution in [0.5, 0.6) is 0 Å². The molecule has 4 heterocycles. The van der Waals surface area contributed by atoms with Crippen LogP contribution in [0.25, 0.3) is 11.4 Å². The minimum Gasteiger partial charge on any atom is -0.444 e. The number of hydrogen-bond acceptors (Lipinski definition) is 7. The van der Waals surface area contributed by atoms with Gasteiger partial charge in [-0.2, -0.15) is 13.2 Å². The average molecular weight is 543 g/mol. The van der Waals surface area contributed by atoms with Crippen molar-refractivity contribution in [3.8, 4) is 11.4 Å². The summed E-state index contributed by atoms with van der Waals surface area (Å²) in [5.41, 5.74) is -2.42. The minimum absolute atomic E-state index is 0.0503. The molecule has 1 atom stereocenters. The Bertz CT molecular complexity index is 1230. The summed E-state index contributed by atoms with van der Waals surface area (Å²) in [6.07, 6.45) is -4.91. The number of alkyl halides is 5. The maximum Gasteiger partial charge on any atom is 0.416 e. The fourth-order valence-electron chi connectivity index (χ4n) is 4.34. The molecule has 0 unspecified atom stereocenters. The summed E-state index contributed by atoms with van der Waals surface area (Å²) >= 11 is 0. The lowest BCUT2D eigenvalue weighted by Crippen LogP contribution is -2.50. The Morgan fingerprint density at radius 3 is 2.26 bits per heavy atom. The van der Waals surface area contributed by atoms with Crippen LogP contribution >= 0.6 is 0 Å². The SMILES string of the molecule is CC(C)(C)OC(=O)N1CCN(c2cc(C(F)(F)F)cc(-c3ncnc4c3[C@@H](C(C)(F)F)CC(=O)N4)n2)CC1. The van der Waals surface area contributed by atoms with Gasteiger partial charge in [0.05, 0.1) is 22.9 Å². The van der Waals surface area contributed by atoms with Gasteiger partial charge in [0.25, 0.3) is 5.92 Å². The average Bonchev–Trinajstić information content (AvgIpc) is 2.80. The lowest BCUT2D eigenvalue weighted by molar-refractivity contribution is -0.137. The number of nitrogens with zero attached hydrogens (tertiary/aromatic N) is 5. The van der Waals surface area contributed by atoms with Crippen LogP contribution in [0.3, 0.4) is 0 Å². The third kappa shape index (κ3) is 5.94. The van der Waals surface area contributed by atoms with Crippen molar-refractivity contribution in [2.75, 3.05) is 36.4 Å². The molecule has 1 saturated heterocycles. The Labute approximate surface area is 215 Å². The zero-order chi connectivity index (χ0) is 28.0. The number of amides is 2. The van der Waals surface area contributed by atoms with Gasteiger partial charge in [-0.25, -0.2) is 28.5 Å². The predicted octanol–water partition coefficient (Wildman–Crippen LogP) is 4.70. The second kappa shape index (κ2) is 9.62. The van der Waals surface area contributed by atoms with Crippen molar-refractivity contribution in [1.82, 2.24) is 19.9 Å². The minimum atomic E-state index is -4.76. The molecule has 2 amide bonds. The Hall–Kier alpha value is -3.58. The molecule has 38 heavy (non-hydrogen) atoms. The van der Waals surface area contributed by atoms with Crippen LogP contribution in [0.1, 0.15) is 51.2 Å². The van der Waals surface area contributed by atoms with E-state index in [2.05, 4.69) is 20.3 Å². The van der Waals surface area contributed by atoms with Crippen LogP contribution in [0, 0.1) is 0 Å². The van der Waals surface area contributed by atoms with E-state index in [4.69, 9.17) is 4.74 Å². The first kappa shape index (κ1) is 27.5. The molecule has 2 aromatic rings. The van der Waals surface area contributed by atoms with E-state index in [1.807, 2.05) is 0 Å². The third-order valence-corrected chi connectivity index (χ3v) is 6.13. The van der Waals surface area contributed by atoms with Crippen molar-refractivity contribution in [2.24, 2.45) is 0 Å². The molecule has 1 N–H and O–H groups in total. The molecule has 14 heteroatoms. The Morgan fingerprint density at radius 1 is 1.03 bits per heavy atom. The van der Waals surface area contributed by atoms with Gasteiger partial charge in [0, 0.05) is 38.2 Å². The highest BCUT2D eigenvalue weighted by atomic mass is 19.4. The molecule has 2 aromatic heterocycles. The number of aromatic nitrogens is 3. The van der Waals surface area contributed by atoms with E-state index in [1.54, 1.807) is 25.7 Å². The monoisotopic (exact) mass is 542 g/mol. The van der Waals surface area contributed by atoms with E-state index in [9.17, 15) is 31.5 Å². The van der Waals surface area contributed by atoms with Crippen LogP contribution in [0.15, 0.2) is 18.5 Å². The van der Waals surface area contributed by atoms with Crippen molar-refractivity contribution in [1.29, 1.82) is 0 Å². The molecule has 2 aliphatic heterocycles. The summed E-state index contributed by atoms with van der Waals surface area (Å²) in [6, 6.07) is 1.61. The zero-order valence-electron chi connectivity index (χ0n) is 21.2. The highest BCUT2D eigenvalue weighted by molar-refractivity contribution is 5.95. The van der Waals surface area contributed by atoms with E-state index in [1.165, 1.54) is 4.90 Å². The quantitative estimate of drug-likeness (QED) is 0.562. The molecule has 0 spiro atoms. The van der Waals surface area contributed by atoms with Gasteiger partial charge in [0.2, 0.25) is 5.91 Å². The van der Waals surface area contributed by atoms with Crippen LogP contribution < -0.4 is 10.2 Å². The Morgan fingerprint density at radius 2 is 1.68 bits per heavy atom. The number of piperazine rings is 1. The van der Waals surface area contributed by atoms with Crippen LogP contribution in [0.2, 0.25) is 0 Å². The van der Waals surface area contributed by atoms with Gasteiger partial charge in [0.15, 0.2) is 0 Å². The van der Waals surface area contributed by atoms with E-state index >= 15 is 0 Å².